The molecule has 0 aliphatic rings. The molecular weight excluding hydrogens is 318 g/mol. The predicted octanol–water partition coefficient (Wildman–Crippen LogP) is -1.14. The Hall–Kier alpha value is -2.49. The number of rotatable bonds is 8. The highest BCUT2D eigenvalue weighted by molar-refractivity contribution is 5.29. The normalized spacial score (nSPS) is 11.0. The topological polar surface area (TPSA) is 127 Å². The Morgan fingerprint density at radius 1 is 1.21 bits per heavy atom. The van der Waals surface area contributed by atoms with Crippen LogP contribution < -0.4 is 16.0 Å². The zero-order valence-electron chi connectivity index (χ0n) is 13.1. The van der Waals surface area contributed by atoms with Gasteiger partial charge in [0.25, 0.3) is 5.56 Å². The number of aliphatic hydroxyl groups is 2. The molecule has 0 aliphatic heterocycles. The standard InChI is InChI=1S/C15H19N3O6/c1-23-11-4-2-10(3-5-11)6-13-14(21)16-15(22)18(17-13)9-24-12(7-19)8-20/h2-5,12,19-20H,6-9H2,1H3,(H,16,21,22). The summed E-state index contributed by atoms with van der Waals surface area (Å²) in [5, 5.41) is 21.9. The highest BCUT2D eigenvalue weighted by Gasteiger charge is 2.11. The van der Waals surface area contributed by atoms with Crippen LogP contribution in [0, 0.1) is 0 Å². The Morgan fingerprint density at radius 2 is 1.88 bits per heavy atom. The first-order chi connectivity index (χ1) is 11.6. The van der Waals surface area contributed by atoms with Gasteiger partial charge in [-0.05, 0) is 17.7 Å². The fourth-order valence-corrected chi connectivity index (χ4v) is 1.95. The van der Waals surface area contributed by atoms with Crippen LogP contribution in [0.15, 0.2) is 33.9 Å². The van der Waals surface area contributed by atoms with Gasteiger partial charge in [-0.15, -0.1) is 0 Å². The molecule has 9 heteroatoms. The monoisotopic (exact) mass is 337 g/mol. The van der Waals surface area contributed by atoms with Gasteiger partial charge in [0.15, 0.2) is 0 Å². The summed E-state index contributed by atoms with van der Waals surface area (Å²) in [5.74, 6) is 0.693. The molecule has 0 bridgehead atoms. The molecule has 1 aromatic heterocycles. The van der Waals surface area contributed by atoms with E-state index < -0.39 is 30.6 Å². The maximum atomic E-state index is 11.9. The molecule has 0 atom stereocenters. The van der Waals surface area contributed by atoms with Gasteiger partial charge in [-0.25, -0.2) is 4.79 Å². The average Bonchev–Trinajstić information content (AvgIpc) is 2.60. The molecule has 24 heavy (non-hydrogen) atoms. The summed E-state index contributed by atoms with van der Waals surface area (Å²) in [6, 6.07) is 7.10. The van der Waals surface area contributed by atoms with Crippen LogP contribution in [0.4, 0.5) is 0 Å². The average molecular weight is 337 g/mol. The minimum atomic E-state index is -0.823. The molecule has 130 valence electrons. The molecule has 0 unspecified atom stereocenters. The number of aromatic amines is 1. The van der Waals surface area contributed by atoms with Crippen LogP contribution in [0.2, 0.25) is 0 Å². The number of hydrogen-bond donors (Lipinski definition) is 3. The smallest absolute Gasteiger partial charge is 0.346 e. The summed E-state index contributed by atoms with van der Waals surface area (Å²) < 4.78 is 11.1. The molecule has 0 amide bonds. The highest BCUT2D eigenvalue weighted by Crippen LogP contribution is 2.12. The predicted molar refractivity (Wildman–Crippen MR) is 84.0 cm³/mol. The number of H-pyrrole nitrogens is 1. The van der Waals surface area contributed by atoms with Gasteiger partial charge in [0.2, 0.25) is 0 Å². The fraction of sp³-hybridized carbons (Fsp3) is 0.400. The third-order valence-electron chi connectivity index (χ3n) is 3.33. The van der Waals surface area contributed by atoms with Crippen molar-refractivity contribution in [1.82, 2.24) is 14.8 Å². The van der Waals surface area contributed by atoms with E-state index in [1.54, 1.807) is 31.4 Å². The molecule has 1 aromatic carbocycles. The molecule has 0 saturated heterocycles. The van der Waals surface area contributed by atoms with Crippen molar-refractivity contribution in [2.24, 2.45) is 0 Å². The van der Waals surface area contributed by atoms with Crippen LogP contribution in [0.3, 0.4) is 0 Å². The van der Waals surface area contributed by atoms with E-state index in [1.807, 2.05) is 0 Å². The summed E-state index contributed by atoms with van der Waals surface area (Å²) in [6.45, 7) is -1.09. The number of aromatic nitrogens is 3. The lowest BCUT2D eigenvalue weighted by molar-refractivity contribution is -0.0556. The number of ether oxygens (including phenoxy) is 2. The fourth-order valence-electron chi connectivity index (χ4n) is 1.95. The minimum absolute atomic E-state index is 0.146. The third-order valence-corrected chi connectivity index (χ3v) is 3.33. The van der Waals surface area contributed by atoms with Gasteiger partial charge in [0.1, 0.15) is 24.3 Å². The Balaban J connectivity index is 2.18. The van der Waals surface area contributed by atoms with Gasteiger partial charge < -0.3 is 19.7 Å². The Morgan fingerprint density at radius 3 is 2.46 bits per heavy atom. The number of aliphatic hydroxyl groups excluding tert-OH is 2. The maximum Gasteiger partial charge on any atom is 0.346 e. The van der Waals surface area contributed by atoms with Crippen LogP contribution in [0.1, 0.15) is 11.3 Å². The van der Waals surface area contributed by atoms with E-state index in [1.165, 1.54) is 0 Å². The quantitative estimate of drug-likeness (QED) is 0.555. The van der Waals surface area contributed by atoms with Gasteiger partial charge in [0.05, 0.1) is 20.3 Å². The lowest BCUT2D eigenvalue weighted by Crippen LogP contribution is -2.37. The second-order valence-corrected chi connectivity index (χ2v) is 5.01. The van der Waals surface area contributed by atoms with Crippen LogP contribution >= 0.6 is 0 Å². The maximum absolute atomic E-state index is 11.9. The summed E-state index contributed by atoms with van der Waals surface area (Å²) in [6.07, 6.45) is -0.598. The van der Waals surface area contributed by atoms with Gasteiger partial charge in [-0.2, -0.15) is 9.78 Å². The van der Waals surface area contributed by atoms with Crippen molar-refractivity contribution >= 4 is 0 Å². The van der Waals surface area contributed by atoms with E-state index in [4.69, 9.17) is 19.7 Å². The summed E-state index contributed by atoms with van der Waals surface area (Å²) in [4.78, 5) is 25.8. The van der Waals surface area contributed by atoms with Crippen molar-refractivity contribution in [2.75, 3.05) is 20.3 Å². The molecule has 0 spiro atoms. The first kappa shape index (κ1) is 17.9. The van der Waals surface area contributed by atoms with Crippen molar-refractivity contribution in [3.8, 4) is 5.75 Å². The lowest BCUT2D eigenvalue weighted by atomic mass is 10.1. The molecule has 0 radical (unpaired) electrons. The molecule has 3 N–H and O–H groups in total. The molecule has 9 nitrogen and oxygen atoms in total. The van der Waals surface area contributed by atoms with Crippen LogP contribution in [0.5, 0.6) is 5.75 Å². The third kappa shape index (κ3) is 4.51. The SMILES string of the molecule is COc1ccc(Cc2nn(COC(CO)CO)c(=O)[nH]c2=O)cc1. The molecule has 0 fully saturated rings. The molecule has 2 rings (SSSR count). The summed E-state index contributed by atoms with van der Waals surface area (Å²) >= 11 is 0. The van der Waals surface area contributed by atoms with E-state index in [-0.39, 0.29) is 18.8 Å². The van der Waals surface area contributed by atoms with E-state index in [0.29, 0.717) is 5.75 Å². The number of nitrogens with zero attached hydrogens (tertiary/aromatic N) is 2. The Labute approximate surface area is 137 Å². The first-order valence-corrected chi connectivity index (χ1v) is 7.24. The van der Waals surface area contributed by atoms with Crippen molar-refractivity contribution in [3.63, 3.8) is 0 Å². The lowest BCUT2D eigenvalue weighted by Gasteiger charge is -2.13. The van der Waals surface area contributed by atoms with Crippen LogP contribution in [0.25, 0.3) is 0 Å². The molecule has 0 saturated carbocycles. The van der Waals surface area contributed by atoms with Crippen molar-refractivity contribution in [1.29, 1.82) is 0 Å². The van der Waals surface area contributed by atoms with Gasteiger partial charge in [0, 0.05) is 6.42 Å². The van der Waals surface area contributed by atoms with E-state index >= 15 is 0 Å². The Bertz CT molecular complexity index is 764. The van der Waals surface area contributed by atoms with Gasteiger partial charge >= 0.3 is 5.69 Å². The van der Waals surface area contributed by atoms with Crippen molar-refractivity contribution in [3.05, 3.63) is 56.4 Å². The van der Waals surface area contributed by atoms with Crippen LogP contribution in [-0.2, 0) is 17.9 Å². The minimum Gasteiger partial charge on any atom is -0.497 e. The van der Waals surface area contributed by atoms with Gasteiger partial charge in [-0.3, -0.25) is 9.78 Å². The molecule has 2 aromatic rings. The molecule has 0 aliphatic carbocycles. The number of nitrogens with one attached hydrogen (secondary N) is 1. The summed E-state index contributed by atoms with van der Waals surface area (Å²) in [7, 11) is 1.56. The van der Waals surface area contributed by atoms with E-state index in [0.717, 1.165) is 10.2 Å². The van der Waals surface area contributed by atoms with Crippen molar-refractivity contribution in [2.45, 2.75) is 19.3 Å². The number of hydrogen-bond acceptors (Lipinski definition) is 7. The molecular formula is C15H19N3O6. The number of benzene rings is 1. The first-order valence-electron chi connectivity index (χ1n) is 7.24. The second-order valence-electron chi connectivity index (χ2n) is 5.01. The Kier molecular flexibility index (Phi) is 6.24. The van der Waals surface area contributed by atoms with Crippen LogP contribution in [-0.4, -0.2) is 51.4 Å². The zero-order chi connectivity index (χ0) is 17.5. The number of methoxy groups -OCH3 is 1. The second kappa shape index (κ2) is 8.39. The molecule has 1 heterocycles. The van der Waals surface area contributed by atoms with E-state index in [2.05, 4.69) is 10.1 Å². The zero-order valence-corrected chi connectivity index (χ0v) is 13.1. The van der Waals surface area contributed by atoms with E-state index in [9.17, 15) is 9.59 Å². The highest BCUT2D eigenvalue weighted by atomic mass is 16.5. The largest absolute Gasteiger partial charge is 0.497 e. The van der Waals surface area contributed by atoms with Gasteiger partial charge in [-0.1, -0.05) is 12.1 Å². The van der Waals surface area contributed by atoms with Crippen molar-refractivity contribution < 1.29 is 19.7 Å². The summed E-state index contributed by atoms with van der Waals surface area (Å²) in [5.41, 5.74) is -0.336.